The quantitative estimate of drug-likeness (QED) is 0.198. The fourth-order valence-electron chi connectivity index (χ4n) is 3.77. The van der Waals surface area contributed by atoms with Crippen molar-refractivity contribution < 1.29 is 14.6 Å². The second kappa shape index (κ2) is 17.4. The molecule has 1 N–H and O–H groups in total. The van der Waals surface area contributed by atoms with E-state index in [0.717, 1.165) is 19.3 Å². The predicted molar refractivity (Wildman–Crippen MR) is 123 cm³/mol. The summed E-state index contributed by atoms with van der Waals surface area (Å²) in [6, 6.07) is 6.57. The third-order valence-electron chi connectivity index (χ3n) is 5.73. The first-order valence-electron chi connectivity index (χ1n) is 12.2. The van der Waals surface area contributed by atoms with Crippen molar-refractivity contribution in [2.45, 2.75) is 123 Å². The Morgan fingerprint density at radius 3 is 1.76 bits per heavy atom. The lowest BCUT2D eigenvalue weighted by Gasteiger charge is -2.16. The van der Waals surface area contributed by atoms with Crippen molar-refractivity contribution in [3.05, 3.63) is 29.8 Å². The van der Waals surface area contributed by atoms with Crippen molar-refractivity contribution >= 4 is 5.97 Å². The number of benzene rings is 1. The normalized spacial score (nSPS) is 12.1. The second-order valence-electron chi connectivity index (χ2n) is 8.34. The molecule has 1 atom stereocenters. The fourth-order valence-corrected chi connectivity index (χ4v) is 3.77. The number of unbranched alkanes of at least 4 members (excludes halogenated alkanes) is 13. The van der Waals surface area contributed by atoms with Gasteiger partial charge < -0.3 is 9.84 Å². The number of para-hydroxylation sites is 1. The fraction of sp³-hybridized carbons (Fsp3) is 0.731. The van der Waals surface area contributed by atoms with E-state index in [9.17, 15) is 9.90 Å². The molecule has 0 saturated heterocycles. The summed E-state index contributed by atoms with van der Waals surface area (Å²) in [4.78, 5) is 12.2. The van der Waals surface area contributed by atoms with E-state index in [1.165, 1.54) is 89.5 Å². The minimum atomic E-state index is -0.416. The average Bonchev–Trinajstić information content (AvgIpc) is 2.73. The lowest BCUT2D eigenvalue weighted by molar-refractivity contribution is 0.0264. The van der Waals surface area contributed by atoms with Gasteiger partial charge in [0.1, 0.15) is 17.4 Å². The van der Waals surface area contributed by atoms with E-state index >= 15 is 0 Å². The van der Waals surface area contributed by atoms with Crippen molar-refractivity contribution in [1.29, 1.82) is 0 Å². The molecule has 166 valence electrons. The molecule has 0 aromatic heterocycles. The Morgan fingerprint density at radius 2 is 1.28 bits per heavy atom. The van der Waals surface area contributed by atoms with E-state index in [-0.39, 0.29) is 17.4 Å². The van der Waals surface area contributed by atoms with Gasteiger partial charge in [0.2, 0.25) is 0 Å². The molecule has 0 spiro atoms. The number of carbonyl (C=O) groups is 1. The maximum atomic E-state index is 12.2. The summed E-state index contributed by atoms with van der Waals surface area (Å²) in [6.45, 7) is 4.32. The van der Waals surface area contributed by atoms with Crippen LogP contribution in [0.5, 0.6) is 5.75 Å². The van der Waals surface area contributed by atoms with Crippen LogP contribution >= 0.6 is 0 Å². The molecule has 1 aromatic carbocycles. The maximum Gasteiger partial charge on any atom is 0.342 e. The molecular formula is C26H44O3. The average molecular weight is 405 g/mol. The van der Waals surface area contributed by atoms with Gasteiger partial charge in [0.15, 0.2) is 0 Å². The first kappa shape index (κ1) is 25.5. The van der Waals surface area contributed by atoms with Gasteiger partial charge >= 0.3 is 5.97 Å². The van der Waals surface area contributed by atoms with E-state index in [1.807, 2.05) is 6.92 Å². The van der Waals surface area contributed by atoms with Crippen LogP contribution in [0.4, 0.5) is 0 Å². The van der Waals surface area contributed by atoms with Crippen LogP contribution in [0.15, 0.2) is 24.3 Å². The Hall–Kier alpha value is -1.51. The van der Waals surface area contributed by atoms with Gasteiger partial charge in [0.25, 0.3) is 0 Å². The number of esters is 1. The first-order valence-corrected chi connectivity index (χ1v) is 12.2. The summed E-state index contributed by atoms with van der Waals surface area (Å²) >= 11 is 0. The number of rotatable bonds is 18. The summed E-state index contributed by atoms with van der Waals surface area (Å²) < 4.78 is 5.58. The first-order chi connectivity index (χ1) is 14.2. The monoisotopic (exact) mass is 404 g/mol. The van der Waals surface area contributed by atoms with Gasteiger partial charge in [-0.05, 0) is 31.4 Å². The Morgan fingerprint density at radius 1 is 0.793 bits per heavy atom. The minimum absolute atomic E-state index is 0.0103. The molecule has 0 aliphatic rings. The molecule has 3 heteroatoms. The Kier molecular flexibility index (Phi) is 15.3. The molecule has 3 nitrogen and oxygen atoms in total. The van der Waals surface area contributed by atoms with Crippen LogP contribution in [0.3, 0.4) is 0 Å². The highest BCUT2D eigenvalue weighted by atomic mass is 16.5. The van der Waals surface area contributed by atoms with Crippen molar-refractivity contribution in [3.8, 4) is 5.75 Å². The summed E-state index contributed by atoms with van der Waals surface area (Å²) in [5, 5.41) is 9.77. The predicted octanol–water partition coefficient (Wildman–Crippen LogP) is 8.20. The number of carbonyl (C=O) groups excluding carboxylic acids is 1. The highest BCUT2D eigenvalue weighted by Crippen LogP contribution is 2.20. The number of ether oxygens (including phenoxy) is 1. The van der Waals surface area contributed by atoms with Gasteiger partial charge in [-0.3, -0.25) is 0 Å². The molecule has 0 aliphatic heterocycles. The van der Waals surface area contributed by atoms with Crippen molar-refractivity contribution in [1.82, 2.24) is 0 Å². The molecular weight excluding hydrogens is 360 g/mol. The van der Waals surface area contributed by atoms with E-state index in [2.05, 4.69) is 6.92 Å². The molecule has 1 aromatic rings. The summed E-state index contributed by atoms with van der Waals surface area (Å²) in [6.07, 6.45) is 20.6. The van der Waals surface area contributed by atoms with E-state index < -0.39 is 5.97 Å². The van der Waals surface area contributed by atoms with Gasteiger partial charge in [-0.2, -0.15) is 0 Å². The zero-order chi connectivity index (χ0) is 21.2. The standard InChI is InChI=1S/C26H44O3/c1-3-5-6-7-8-9-10-11-12-13-14-15-16-17-20-23(4-2)29-26(28)24-21-18-19-22-25(24)27/h18-19,21-23,27H,3-17,20H2,1-2H3. The van der Waals surface area contributed by atoms with Crippen LogP contribution < -0.4 is 0 Å². The van der Waals surface area contributed by atoms with Crippen molar-refractivity contribution in [2.75, 3.05) is 0 Å². The Labute approximate surface area is 179 Å². The highest BCUT2D eigenvalue weighted by molar-refractivity contribution is 5.92. The molecule has 1 rings (SSSR count). The van der Waals surface area contributed by atoms with E-state index in [1.54, 1.807) is 18.2 Å². The summed E-state index contributed by atoms with van der Waals surface area (Å²) in [7, 11) is 0. The van der Waals surface area contributed by atoms with Crippen LogP contribution in [0.25, 0.3) is 0 Å². The van der Waals surface area contributed by atoms with Gasteiger partial charge in [-0.15, -0.1) is 0 Å². The zero-order valence-corrected chi connectivity index (χ0v) is 19.0. The number of phenolic OH excluding ortho intramolecular Hbond substituents is 1. The molecule has 0 aliphatic carbocycles. The van der Waals surface area contributed by atoms with Gasteiger partial charge in [-0.25, -0.2) is 4.79 Å². The SMILES string of the molecule is CCCCCCCCCCCCCCCCC(CC)OC(=O)c1ccccc1O. The smallest absolute Gasteiger partial charge is 0.342 e. The lowest BCUT2D eigenvalue weighted by Crippen LogP contribution is -2.17. The number of phenols is 1. The van der Waals surface area contributed by atoms with Crippen LogP contribution in [-0.2, 0) is 4.74 Å². The van der Waals surface area contributed by atoms with E-state index in [0.29, 0.717) is 0 Å². The Balaban J connectivity index is 1.98. The molecule has 0 radical (unpaired) electrons. The zero-order valence-electron chi connectivity index (χ0n) is 19.0. The Bertz CT molecular complexity index is 526. The third-order valence-corrected chi connectivity index (χ3v) is 5.73. The summed E-state index contributed by atoms with van der Waals surface area (Å²) in [5.41, 5.74) is 0.256. The van der Waals surface area contributed by atoms with Crippen LogP contribution in [-0.4, -0.2) is 17.2 Å². The van der Waals surface area contributed by atoms with Gasteiger partial charge in [0.05, 0.1) is 0 Å². The topological polar surface area (TPSA) is 46.5 Å². The lowest BCUT2D eigenvalue weighted by atomic mass is 10.0. The molecule has 0 bridgehead atoms. The molecule has 29 heavy (non-hydrogen) atoms. The number of hydrogen-bond acceptors (Lipinski definition) is 3. The molecule has 0 heterocycles. The van der Waals surface area contributed by atoms with Gasteiger partial charge in [-0.1, -0.05) is 109 Å². The second-order valence-corrected chi connectivity index (χ2v) is 8.34. The van der Waals surface area contributed by atoms with Crippen LogP contribution in [0.2, 0.25) is 0 Å². The number of aromatic hydroxyl groups is 1. The van der Waals surface area contributed by atoms with Gasteiger partial charge in [0, 0.05) is 0 Å². The van der Waals surface area contributed by atoms with E-state index in [4.69, 9.17) is 4.74 Å². The minimum Gasteiger partial charge on any atom is -0.507 e. The molecule has 0 fully saturated rings. The van der Waals surface area contributed by atoms with Crippen LogP contribution in [0.1, 0.15) is 127 Å². The maximum absolute atomic E-state index is 12.2. The third kappa shape index (κ3) is 12.6. The van der Waals surface area contributed by atoms with Crippen molar-refractivity contribution in [2.24, 2.45) is 0 Å². The molecule has 1 unspecified atom stereocenters. The number of hydrogen-bond donors (Lipinski definition) is 1. The molecule has 0 amide bonds. The highest BCUT2D eigenvalue weighted by Gasteiger charge is 2.16. The largest absolute Gasteiger partial charge is 0.507 e. The van der Waals surface area contributed by atoms with Crippen LogP contribution in [0, 0.1) is 0 Å². The molecule has 0 saturated carbocycles. The summed E-state index contributed by atoms with van der Waals surface area (Å²) in [5.74, 6) is -0.427. The van der Waals surface area contributed by atoms with Crippen molar-refractivity contribution in [3.63, 3.8) is 0 Å².